The lowest BCUT2D eigenvalue weighted by Gasteiger charge is -2.63. The average molecular weight is 149 g/mol. The summed E-state index contributed by atoms with van der Waals surface area (Å²) in [6.07, 6.45) is 1.13. The summed E-state index contributed by atoms with van der Waals surface area (Å²) in [5.41, 5.74) is -1.42. The van der Waals surface area contributed by atoms with Gasteiger partial charge in [0.05, 0.1) is 5.41 Å². The molecule has 0 N–H and O–H groups in total. The van der Waals surface area contributed by atoms with Crippen LogP contribution >= 0.6 is 11.6 Å². The highest BCUT2D eigenvalue weighted by Gasteiger charge is 2.72. The summed E-state index contributed by atoms with van der Waals surface area (Å²) >= 11 is 5.22. The first-order chi connectivity index (χ1) is 4.06. The Bertz CT molecular complexity index is 170. The van der Waals surface area contributed by atoms with E-state index in [4.69, 9.17) is 11.6 Å². The molecule has 3 aliphatic rings. The van der Waals surface area contributed by atoms with Crippen molar-refractivity contribution >= 4 is 16.8 Å². The van der Waals surface area contributed by atoms with Gasteiger partial charge in [-0.25, -0.2) is 4.39 Å². The number of rotatable bonds is 1. The summed E-state index contributed by atoms with van der Waals surface area (Å²) < 4.78 is 12.7. The minimum absolute atomic E-state index is 0.345. The number of carbonyl (C=O) groups is 1. The predicted octanol–water partition coefficient (Wildman–Crippen LogP) is 1.64. The Labute approximate surface area is 57.2 Å². The van der Waals surface area contributed by atoms with Crippen LogP contribution in [0.4, 0.5) is 4.39 Å². The maximum atomic E-state index is 12.7. The molecule has 1 nitrogen and oxygen atoms in total. The van der Waals surface area contributed by atoms with Crippen LogP contribution in [0.15, 0.2) is 0 Å². The van der Waals surface area contributed by atoms with Crippen LogP contribution in [-0.2, 0) is 4.79 Å². The van der Waals surface area contributed by atoms with Crippen LogP contribution in [0.1, 0.15) is 19.3 Å². The molecule has 50 valence electrons. The van der Waals surface area contributed by atoms with Gasteiger partial charge in [0, 0.05) is 0 Å². The van der Waals surface area contributed by atoms with Crippen molar-refractivity contribution in [2.24, 2.45) is 5.41 Å². The summed E-state index contributed by atoms with van der Waals surface area (Å²) in [5, 5.41) is -0.345. The highest BCUT2D eigenvalue weighted by molar-refractivity contribution is 6.65. The lowest BCUT2D eigenvalue weighted by atomic mass is 9.43. The molecule has 0 aromatic carbocycles. The van der Waals surface area contributed by atoms with Crippen molar-refractivity contribution in [1.29, 1.82) is 0 Å². The highest BCUT2D eigenvalue weighted by atomic mass is 35.5. The topological polar surface area (TPSA) is 17.1 Å². The fraction of sp³-hybridized carbons (Fsp3) is 0.833. The monoisotopic (exact) mass is 148 g/mol. The molecule has 3 aliphatic carbocycles. The van der Waals surface area contributed by atoms with Crippen molar-refractivity contribution in [3.8, 4) is 0 Å². The van der Waals surface area contributed by atoms with E-state index in [0.29, 0.717) is 19.3 Å². The molecule has 0 aromatic heterocycles. The number of hydrogen-bond acceptors (Lipinski definition) is 1. The third-order valence-corrected chi connectivity index (χ3v) is 2.78. The zero-order valence-corrected chi connectivity index (χ0v) is 5.54. The van der Waals surface area contributed by atoms with Crippen LogP contribution in [0.25, 0.3) is 0 Å². The quantitative estimate of drug-likeness (QED) is 0.517. The Morgan fingerprint density at radius 3 is 2.00 bits per heavy atom. The first-order valence-electron chi connectivity index (χ1n) is 2.95. The third kappa shape index (κ3) is 0.480. The average Bonchev–Trinajstić information content (AvgIpc) is 1.54. The van der Waals surface area contributed by atoms with Gasteiger partial charge in [-0.05, 0) is 30.9 Å². The maximum Gasteiger partial charge on any atom is 0.228 e. The Morgan fingerprint density at radius 1 is 1.44 bits per heavy atom. The molecule has 9 heavy (non-hydrogen) atoms. The van der Waals surface area contributed by atoms with E-state index in [-0.39, 0.29) is 5.24 Å². The van der Waals surface area contributed by atoms with E-state index in [1.54, 1.807) is 0 Å². The zero-order valence-electron chi connectivity index (χ0n) is 4.79. The van der Waals surface area contributed by atoms with E-state index in [1.807, 2.05) is 0 Å². The molecule has 0 radical (unpaired) electrons. The van der Waals surface area contributed by atoms with Crippen LogP contribution in [0, 0.1) is 5.41 Å². The summed E-state index contributed by atoms with van der Waals surface area (Å²) in [6.45, 7) is 0. The Kier molecular flexibility index (Phi) is 0.736. The summed E-state index contributed by atoms with van der Waals surface area (Å²) in [4.78, 5) is 10.5. The molecule has 3 saturated carbocycles. The van der Waals surface area contributed by atoms with Crippen LogP contribution < -0.4 is 0 Å². The molecule has 0 spiro atoms. The van der Waals surface area contributed by atoms with E-state index < -0.39 is 11.1 Å². The molecule has 0 aliphatic heterocycles. The van der Waals surface area contributed by atoms with E-state index in [9.17, 15) is 9.18 Å². The lowest BCUT2D eigenvalue weighted by molar-refractivity contribution is -0.205. The second-order valence-electron chi connectivity index (χ2n) is 3.24. The van der Waals surface area contributed by atoms with Gasteiger partial charge in [-0.3, -0.25) is 4.79 Å². The summed E-state index contributed by atoms with van der Waals surface area (Å²) in [5.74, 6) is 0. The molecular formula is C6H6ClFO. The van der Waals surface area contributed by atoms with Gasteiger partial charge in [-0.15, -0.1) is 0 Å². The molecular weight excluding hydrogens is 143 g/mol. The van der Waals surface area contributed by atoms with Crippen LogP contribution in [0.3, 0.4) is 0 Å². The van der Waals surface area contributed by atoms with Crippen molar-refractivity contribution in [3.63, 3.8) is 0 Å². The minimum Gasteiger partial charge on any atom is -0.281 e. The van der Waals surface area contributed by atoms with Gasteiger partial charge in [0.1, 0.15) is 5.67 Å². The van der Waals surface area contributed by atoms with Crippen molar-refractivity contribution in [3.05, 3.63) is 0 Å². The number of carbonyl (C=O) groups excluding carboxylic acids is 1. The maximum absolute atomic E-state index is 12.7. The predicted molar refractivity (Wildman–Crippen MR) is 31.0 cm³/mol. The van der Waals surface area contributed by atoms with E-state index in [2.05, 4.69) is 0 Å². The molecule has 2 bridgehead atoms. The van der Waals surface area contributed by atoms with Gasteiger partial charge in [0.15, 0.2) is 0 Å². The minimum atomic E-state index is -0.995. The normalized spacial score (nSPS) is 53.6. The lowest BCUT2D eigenvalue weighted by Crippen LogP contribution is -2.66. The molecule has 3 rings (SSSR count). The van der Waals surface area contributed by atoms with Gasteiger partial charge in [0.25, 0.3) is 0 Å². The molecule has 0 amide bonds. The number of alkyl halides is 1. The van der Waals surface area contributed by atoms with Gasteiger partial charge in [-0.2, -0.15) is 0 Å². The molecule has 0 atom stereocenters. The number of hydrogen-bond donors (Lipinski definition) is 0. The standard InChI is InChI=1S/C6H6ClFO/c7-4(9)5-1-6(8,2-5)3-5/h1-3H2. The SMILES string of the molecule is O=C(Cl)C12CC(F)(C1)C2. The Hall–Kier alpha value is -0.110. The van der Waals surface area contributed by atoms with Gasteiger partial charge in [-0.1, -0.05) is 0 Å². The summed E-state index contributed by atoms with van der Waals surface area (Å²) in [7, 11) is 0. The zero-order chi connectivity index (χ0) is 6.70. The van der Waals surface area contributed by atoms with Crippen molar-refractivity contribution in [2.75, 3.05) is 0 Å². The Morgan fingerprint density at radius 2 is 1.89 bits per heavy atom. The first kappa shape index (κ1) is 5.66. The molecule has 3 heteroatoms. The van der Waals surface area contributed by atoms with Crippen molar-refractivity contribution in [1.82, 2.24) is 0 Å². The van der Waals surface area contributed by atoms with Gasteiger partial charge in [0.2, 0.25) is 5.24 Å². The van der Waals surface area contributed by atoms with E-state index >= 15 is 0 Å². The Balaban J connectivity index is 2.13. The van der Waals surface area contributed by atoms with E-state index in [1.165, 1.54) is 0 Å². The second kappa shape index (κ2) is 1.17. The molecule has 0 heterocycles. The van der Waals surface area contributed by atoms with Crippen LogP contribution in [-0.4, -0.2) is 10.9 Å². The second-order valence-corrected chi connectivity index (χ2v) is 3.58. The fourth-order valence-corrected chi connectivity index (χ4v) is 2.07. The van der Waals surface area contributed by atoms with Crippen molar-refractivity contribution in [2.45, 2.75) is 24.9 Å². The van der Waals surface area contributed by atoms with Gasteiger partial charge >= 0.3 is 0 Å². The van der Waals surface area contributed by atoms with Gasteiger partial charge < -0.3 is 0 Å². The number of halogens is 2. The molecule has 3 fully saturated rings. The largest absolute Gasteiger partial charge is 0.281 e. The van der Waals surface area contributed by atoms with Crippen LogP contribution in [0.5, 0.6) is 0 Å². The first-order valence-corrected chi connectivity index (χ1v) is 3.33. The van der Waals surface area contributed by atoms with Crippen LogP contribution in [0.2, 0.25) is 0 Å². The summed E-state index contributed by atoms with van der Waals surface area (Å²) in [6, 6.07) is 0. The molecule has 0 aromatic rings. The molecule has 0 saturated heterocycles. The molecule has 0 unspecified atom stereocenters. The fourth-order valence-electron chi connectivity index (χ4n) is 1.87. The van der Waals surface area contributed by atoms with E-state index in [0.717, 1.165) is 0 Å². The third-order valence-electron chi connectivity index (χ3n) is 2.38. The smallest absolute Gasteiger partial charge is 0.228 e. The van der Waals surface area contributed by atoms with Crippen molar-refractivity contribution < 1.29 is 9.18 Å². The highest BCUT2D eigenvalue weighted by Crippen LogP contribution is 2.70.